The number of ether oxygens (including phenoxy) is 1. The summed E-state index contributed by atoms with van der Waals surface area (Å²) in [5, 5.41) is 0. The van der Waals surface area contributed by atoms with Crippen LogP contribution in [0.5, 0.6) is 0 Å². The highest BCUT2D eigenvalue weighted by Crippen LogP contribution is 2.60. The Balaban J connectivity index is 1.18. The molecule has 5 fully saturated rings. The zero-order valence-electron chi connectivity index (χ0n) is 17.4. The lowest BCUT2D eigenvalue weighted by Crippen LogP contribution is -2.48. The minimum atomic E-state index is 0.454. The highest BCUT2D eigenvalue weighted by Gasteiger charge is 2.51. The van der Waals surface area contributed by atoms with Crippen molar-refractivity contribution in [1.82, 2.24) is 0 Å². The average Bonchev–Trinajstić information content (AvgIpc) is 3.13. The first kappa shape index (κ1) is 19.1. The number of anilines is 1. The molecule has 0 radical (unpaired) electrons. The molecule has 1 aromatic heterocycles. The van der Waals surface area contributed by atoms with E-state index in [2.05, 4.69) is 50.1 Å². The van der Waals surface area contributed by atoms with E-state index in [1.54, 1.807) is 5.56 Å². The summed E-state index contributed by atoms with van der Waals surface area (Å²) in [6, 6.07) is 11.1. The number of furan rings is 1. The van der Waals surface area contributed by atoms with Crippen molar-refractivity contribution < 1.29 is 9.15 Å². The molecule has 2 aromatic rings. The molecule has 0 N–H and O–H groups in total. The Morgan fingerprint density at radius 3 is 2.23 bits per heavy atom. The van der Waals surface area contributed by atoms with Gasteiger partial charge in [0.2, 0.25) is 5.88 Å². The fraction of sp³-hybridized carbons (Fsp3) is 0.560. The van der Waals surface area contributed by atoms with E-state index in [1.165, 1.54) is 38.5 Å². The number of benzene rings is 1. The van der Waals surface area contributed by atoms with E-state index in [4.69, 9.17) is 9.15 Å². The SMILES string of the molecule is Brc1cc(C=Nc2ccc(C34CC5CC(CC(C5)C3)C4)cc2)oc1N1CCOCC1. The van der Waals surface area contributed by atoms with Gasteiger partial charge in [-0.3, -0.25) is 4.99 Å². The minimum Gasteiger partial charge on any atom is -0.438 e. The topological polar surface area (TPSA) is 38.0 Å². The number of morpholine rings is 1. The zero-order valence-corrected chi connectivity index (χ0v) is 18.9. The van der Waals surface area contributed by atoms with Crippen LogP contribution in [-0.2, 0) is 10.2 Å². The molecular weight excluding hydrogens is 440 g/mol. The number of halogens is 1. The van der Waals surface area contributed by atoms with Gasteiger partial charge in [-0.2, -0.15) is 0 Å². The minimum absolute atomic E-state index is 0.454. The van der Waals surface area contributed by atoms with Gasteiger partial charge in [0.15, 0.2) is 0 Å². The van der Waals surface area contributed by atoms with Crippen LogP contribution in [0, 0.1) is 17.8 Å². The zero-order chi connectivity index (χ0) is 20.1. The van der Waals surface area contributed by atoms with Crippen molar-refractivity contribution in [2.45, 2.75) is 43.9 Å². The van der Waals surface area contributed by atoms with Crippen LogP contribution in [-0.4, -0.2) is 32.5 Å². The van der Waals surface area contributed by atoms with Crippen molar-refractivity contribution in [3.05, 3.63) is 46.1 Å². The third-order valence-corrected chi connectivity index (χ3v) is 8.41. The van der Waals surface area contributed by atoms with E-state index in [0.29, 0.717) is 5.41 Å². The van der Waals surface area contributed by atoms with Crippen LogP contribution >= 0.6 is 15.9 Å². The molecule has 5 aliphatic rings. The van der Waals surface area contributed by atoms with E-state index in [-0.39, 0.29) is 0 Å². The molecule has 0 spiro atoms. The number of rotatable bonds is 4. The van der Waals surface area contributed by atoms with Crippen LogP contribution in [0.15, 0.2) is 44.2 Å². The van der Waals surface area contributed by atoms with E-state index in [9.17, 15) is 0 Å². The van der Waals surface area contributed by atoms with E-state index in [0.717, 1.165) is 65.9 Å². The van der Waals surface area contributed by atoms with Gasteiger partial charge in [-0.25, -0.2) is 0 Å². The van der Waals surface area contributed by atoms with Crippen molar-refractivity contribution in [2.24, 2.45) is 22.7 Å². The number of nitrogens with zero attached hydrogens (tertiary/aromatic N) is 2. The first-order valence-electron chi connectivity index (χ1n) is 11.4. The van der Waals surface area contributed by atoms with Crippen LogP contribution in [0.4, 0.5) is 11.6 Å². The Hall–Kier alpha value is -1.59. The molecule has 0 unspecified atom stereocenters. The highest BCUT2D eigenvalue weighted by molar-refractivity contribution is 9.10. The molecule has 4 bridgehead atoms. The Labute approximate surface area is 186 Å². The largest absolute Gasteiger partial charge is 0.438 e. The molecule has 7 rings (SSSR count). The lowest BCUT2D eigenvalue weighted by molar-refractivity contribution is -0.00518. The molecule has 158 valence electrons. The summed E-state index contributed by atoms with van der Waals surface area (Å²) in [5.74, 6) is 4.58. The van der Waals surface area contributed by atoms with Gasteiger partial charge >= 0.3 is 0 Å². The Bertz CT molecular complexity index is 907. The molecule has 1 aliphatic heterocycles. The Morgan fingerprint density at radius 1 is 0.967 bits per heavy atom. The van der Waals surface area contributed by atoms with Crippen LogP contribution in [0.2, 0.25) is 0 Å². The summed E-state index contributed by atoms with van der Waals surface area (Å²) < 4.78 is 12.4. The maximum absolute atomic E-state index is 6.04. The highest BCUT2D eigenvalue weighted by atomic mass is 79.9. The molecule has 4 nitrogen and oxygen atoms in total. The maximum Gasteiger partial charge on any atom is 0.210 e. The summed E-state index contributed by atoms with van der Waals surface area (Å²) >= 11 is 3.63. The number of hydrogen-bond donors (Lipinski definition) is 0. The molecule has 4 saturated carbocycles. The van der Waals surface area contributed by atoms with Gasteiger partial charge in [0, 0.05) is 19.2 Å². The van der Waals surface area contributed by atoms with Crippen molar-refractivity contribution in [2.75, 3.05) is 31.2 Å². The first-order chi connectivity index (χ1) is 14.7. The van der Waals surface area contributed by atoms with Gasteiger partial charge in [0.25, 0.3) is 0 Å². The van der Waals surface area contributed by atoms with E-state index >= 15 is 0 Å². The standard InChI is InChI=1S/C25H29BrN2O2/c26-23-12-22(30-24(23)28-5-7-29-8-6-28)16-27-21-3-1-20(2-4-21)25-13-17-9-18(14-25)11-19(10-17)15-25/h1-4,12,16-19H,5-11,13-15H2. The second-order valence-electron chi connectivity index (χ2n) is 9.90. The van der Waals surface area contributed by atoms with Gasteiger partial charge in [-0.15, -0.1) is 0 Å². The fourth-order valence-corrected chi connectivity index (χ4v) is 7.48. The van der Waals surface area contributed by atoms with Crippen molar-refractivity contribution in [3.63, 3.8) is 0 Å². The summed E-state index contributed by atoms with van der Waals surface area (Å²) in [6.45, 7) is 3.20. The molecule has 0 atom stereocenters. The lowest BCUT2D eigenvalue weighted by atomic mass is 9.48. The lowest BCUT2D eigenvalue weighted by Gasteiger charge is -2.57. The Morgan fingerprint density at radius 2 is 1.60 bits per heavy atom. The quantitative estimate of drug-likeness (QED) is 0.508. The summed E-state index contributed by atoms with van der Waals surface area (Å²) in [6.07, 6.45) is 10.5. The van der Waals surface area contributed by atoms with Crippen molar-refractivity contribution in [1.29, 1.82) is 0 Å². The molecule has 30 heavy (non-hydrogen) atoms. The second kappa shape index (κ2) is 7.52. The van der Waals surface area contributed by atoms with Gasteiger partial charge < -0.3 is 14.1 Å². The van der Waals surface area contributed by atoms with Crippen molar-refractivity contribution in [3.8, 4) is 0 Å². The predicted molar refractivity (Wildman–Crippen MR) is 123 cm³/mol. The van der Waals surface area contributed by atoms with Crippen LogP contribution < -0.4 is 4.90 Å². The molecule has 4 aliphatic carbocycles. The molecule has 0 amide bonds. The Kier molecular flexibility index (Phi) is 4.80. The maximum atomic E-state index is 6.04. The van der Waals surface area contributed by atoms with Crippen LogP contribution in [0.3, 0.4) is 0 Å². The smallest absolute Gasteiger partial charge is 0.210 e. The third-order valence-electron chi connectivity index (χ3n) is 7.84. The summed E-state index contributed by atoms with van der Waals surface area (Å²) in [4.78, 5) is 6.89. The van der Waals surface area contributed by atoms with Gasteiger partial charge in [-0.05, 0) is 95.3 Å². The van der Waals surface area contributed by atoms with E-state index in [1.807, 2.05) is 12.3 Å². The molecule has 1 aromatic carbocycles. The van der Waals surface area contributed by atoms with Crippen molar-refractivity contribution >= 4 is 33.7 Å². The number of hydrogen-bond acceptors (Lipinski definition) is 4. The van der Waals surface area contributed by atoms with Gasteiger partial charge in [0.1, 0.15) is 5.76 Å². The average molecular weight is 469 g/mol. The van der Waals surface area contributed by atoms with Gasteiger partial charge in [0.05, 0.1) is 29.6 Å². The van der Waals surface area contributed by atoms with Gasteiger partial charge in [-0.1, -0.05) is 12.1 Å². The summed E-state index contributed by atoms with van der Waals surface area (Å²) in [7, 11) is 0. The second-order valence-corrected chi connectivity index (χ2v) is 10.8. The summed E-state index contributed by atoms with van der Waals surface area (Å²) in [5.41, 5.74) is 3.00. The van der Waals surface area contributed by atoms with E-state index < -0.39 is 0 Å². The van der Waals surface area contributed by atoms with Crippen LogP contribution in [0.1, 0.15) is 49.8 Å². The molecule has 1 saturated heterocycles. The molecule has 2 heterocycles. The third kappa shape index (κ3) is 3.44. The number of aliphatic imine (C=N–C) groups is 1. The first-order valence-corrected chi connectivity index (χ1v) is 12.2. The molecular formula is C25H29BrN2O2. The van der Waals surface area contributed by atoms with Crippen LogP contribution in [0.25, 0.3) is 0 Å². The predicted octanol–water partition coefficient (Wildman–Crippen LogP) is 6.10. The monoisotopic (exact) mass is 468 g/mol. The fourth-order valence-electron chi connectivity index (χ4n) is 6.93. The molecule has 5 heteroatoms. The normalized spacial score (nSPS) is 33.0.